The minimum absolute atomic E-state index is 0.475. The Balaban J connectivity index is 2.27. The number of hydrogen-bond acceptors (Lipinski definition) is 0. The molecule has 0 saturated heterocycles. The summed E-state index contributed by atoms with van der Waals surface area (Å²) in [5.41, 5.74) is 12.1. The molecule has 2 heteroatoms. The van der Waals surface area contributed by atoms with E-state index in [1.807, 2.05) is 0 Å². The van der Waals surface area contributed by atoms with Crippen LogP contribution in [0.1, 0.15) is 33.4 Å². The Morgan fingerprint density at radius 3 is 1.27 bits per heavy atom. The van der Waals surface area contributed by atoms with Crippen molar-refractivity contribution in [3.8, 4) is 22.3 Å². The van der Waals surface area contributed by atoms with Gasteiger partial charge < -0.3 is 0 Å². The molecular formula is C24H24Cl2. The van der Waals surface area contributed by atoms with Crippen LogP contribution in [0.3, 0.4) is 0 Å². The number of alkyl halides is 2. The Kier molecular flexibility index (Phi) is 5.75. The molecule has 0 N–H and O–H groups in total. The first-order valence-electron chi connectivity index (χ1n) is 8.87. The fourth-order valence-corrected chi connectivity index (χ4v) is 3.91. The molecule has 0 spiro atoms. The topological polar surface area (TPSA) is 0 Å². The van der Waals surface area contributed by atoms with Crippen molar-refractivity contribution in [1.29, 1.82) is 0 Å². The molecule has 0 fully saturated rings. The highest BCUT2D eigenvalue weighted by molar-refractivity contribution is 6.18. The Morgan fingerprint density at radius 2 is 0.923 bits per heavy atom. The van der Waals surface area contributed by atoms with Crippen molar-refractivity contribution in [1.82, 2.24) is 0 Å². The minimum Gasteiger partial charge on any atom is -0.122 e. The first-order chi connectivity index (χ1) is 12.4. The number of halogens is 2. The normalized spacial score (nSPS) is 11.0. The molecule has 26 heavy (non-hydrogen) atoms. The summed E-state index contributed by atoms with van der Waals surface area (Å²) in [4.78, 5) is 0. The van der Waals surface area contributed by atoms with Gasteiger partial charge in [0.25, 0.3) is 0 Å². The first-order valence-corrected chi connectivity index (χ1v) is 9.94. The van der Waals surface area contributed by atoms with Gasteiger partial charge in [-0.15, -0.1) is 23.2 Å². The second-order valence-corrected chi connectivity index (χ2v) is 7.61. The molecule has 3 aromatic carbocycles. The molecule has 0 heterocycles. The van der Waals surface area contributed by atoms with Gasteiger partial charge in [-0.2, -0.15) is 0 Å². The molecule has 3 rings (SSSR count). The molecule has 0 aliphatic heterocycles. The predicted octanol–water partition coefficient (Wildman–Crippen LogP) is 7.73. The molecule has 0 atom stereocenters. The van der Waals surface area contributed by atoms with Crippen LogP contribution in [0.15, 0.2) is 48.5 Å². The molecule has 0 aliphatic carbocycles. The summed E-state index contributed by atoms with van der Waals surface area (Å²) in [7, 11) is 0. The van der Waals surface area contributed by atoms with E-state index in [0.717, 1.165) is 11.1 Å². The number of hydrogen-bond donors (Lipinski definition) is 0. The summed E-state index contributed by atoms with van der Waals surface area (Å²) >= 11 is 12.7. The Bertz CT molecular complexity index is 875. The quantitative estimate of drug-likeness (QED) is 0.404. The lowest BCUT2D eigenvalue weighted by Crippen LogP contribution is -1.97. The monoisotopic (exact) mass is 382 g/mol. The van der Waals surface area contributed by atoms with Gasteiger partial charge in [0, 0.05) is 11.8 Å². The van der Waals surface area contributed by atoms with E-state index in [1.54, 1.807) is 0 Å². The van der Waals surface area contributed by atoms with E-state index in [1.165, 1.54) is 44.5 Å². The largest absolute Gasteiger partial charge is 0.122 e. The lowest BCUT2D eigenvalue weighted by atomic mass is 9.88. The minimum atomic E-state index is 0.475. The van der Waals surface area contributed by atoms with Gasteiger partial charge in [-0.05, 0) is 84.3 Å². The van der Waals surface area contributed by atoms with Gasteiger partial charge >= 0.3 is 0 Å². The lowest BCUT2D eigenvalue weighted by molar-refractivity contribution is 1.29. The van der Waals surface area contributed by atoms with Gasteiger partial charge in [-0.25, -0.2) is 0 Å². The van der Waals surface area contributed by atoms with E-state index in [2.05, 4.69) is 76.2 Å². The summed E-state index contributed by atoms with van der Waals surface area (Å²) in [5, 5.41) is 0. The van der Waals surface area contributed by atoms with Crippen LogP contribution in [0.5, 0.6) is 0 Å². The Labute approximate surface area is 166 Å². The number of benzene rings is 3. The van der Waals surface area contributed by atoms with Gasteiger partial charge in [0.2, 0.25) is 0 Å². The Hall–Kier alpha value is -1.76. The number of rotatable bonds is 4. The summed E-state index contributed by atoms with van der Waals surface area (Å²) in [5.74, 6) is 0.951. The summed E-state index contributed by atoms with van der Waals surface area (Å²) in [6.07, 6.45) is 0. The van der Waals surface area contributed by atoms with Crippen molar-refractivity contribution in [2.45, 2.75) is 39.5 Å². The van der Waals surface area contributed by atoms with Crippen LogP contribution < -0.4 is 0 Å². The maximum Gasteiger partial charge on any atom is 0.0480 e. The van der Waals surface area contributed by atoms with E-state index in [4.69, 9.17) is 23.2 Å². The molecule has 0 saturated carbocycles. The van der Waals surface area contributed by atoms with Crippen LogP contribution in [0.25, 0.3) is 22.3 Å². The highest BCUT2D eigenvalue weighted by Gasteiger charge is 2.15. The molecule has 0 aromatic heterocycles. The standard InChI is InChI=1S/C24H24Cl2/c1-15-5-7-17(3)21(9-15)23-11-20(14-26)24(12-19(23)13-25)22-10-16(2)6-8-18(22)4/h5-12H,13-14H2,1-4H3. The fraction of sp³-hybridized carbons (Fsp3) is 0.250. The van der Waals surface area contributed by atoms with E-state index < -0.39 is 0 Å². The van der Waals surface area contributed by atoms with E-state index in [-0.39, 0.29) is 0 Å². The van der Waals surface area contributed by atoms with Crippen LogP contribution in [0.4, 0.5) is 0 Å². The third-order valence-electron chi connectivity index (χ3n) is 4.98. The van der Waals surface area contributed by atoms with Crippen LogP contribution in [0, 0.1) is 27.7 Å². The Morgan fingerprint density at radius 1 is 0.538 bits per heavy atom. The van der Waals surface area contributed by atoms with Gasteiger partial charge in [0.1, 0.15) is 0 Å². The van der Waals surface area contributed by atoms with Gasteiger partial charge in [-0.3, -0.25) is 0 Å². The van der Waals surface area contributed by atoms with Gasteiger partial charge in [-0.1, -0.05) is 47.5 Å². The molecule has 0 amide bonds. The predicted molar refractivity (Wildman–Crippen MR) is 115 cm³/mol. The zero-order valence-electron chi connectivity index (χ0n) is 15.8. The van der Waals surface area contributed by atoms with Crippen molar-refractivity contribution in [2.75, 3.05) is 0 Å². The van der Waals surface area contributed by atoms with E-state index in [9.17, 15) is 0 Å². The third kappa shape index (κ3) is 3.68. The second-order valence-electron chi connectivity index (χ2n) is 7.07. The molecule has 0 aliphatic rings. The SMILES string of the molecule is Cc1ccc(C)c(-c2cc(CCl)c(-c3cc(C)ccc3C)cc2CCl)c1. The molecule has 0 bridgehead atoms. The van der Waals surface area contributed by atoms with Gasteiger partial charge in [0.15, 0.2) is 0 Å². The highest BCUT2D eigenvalue weighted by atomic mass is 35.5. The molecule has 134 valence electrons. The van der Waals surface area contributed by atoms with Crippen LogP contribution in [-0.2, 0) is 11.8 Å². The molecule has 0 unspecified atom stereocenters. The summed E-state index contributed by atoms with van der Waals surface area (Å²) < 4.78 is 0. The zero-order valence-corrected chi connectivity index (χ0v) is 17.3. The van der Waals surface area contributed by atoms with Crippen LogP contribution >= 0.6 is 23.2 Å². The van der Waals surface area contributed by atoms with Crippen molar-refractivity contribution >= 4 is 23.2 Å². The van der Waals surface area contributed by atoms with Crippen molar-refractivity contribution in [3.63, 3.8) is 0 Å². The fourth-order valence-electron chi connectivity index (χ4n) is 3.46. The average Bonchev–Trinajstić information content (AvgIpc) is 2.64. The van der Waals surface area contributed by atoms with E-state index >= 15 is 0 Å². The van der Waals surface area contributed by atoms with Gasteiger partial charge in [0.05, 0.1) is 0 Å². The first kappa shape index (κ1) is 19.0. The highest BCUT2D eigenvalue weighted by Crippen LogP contribution is 2.37. The molecular weight excluding hydrogens is 359 g/mol. The summed E-state index contributed by atoms with van der Waals surface area (Å²) in [6.45, 7) is 8.53. The third-order valence-corrected chi connectivity index (χ3v) is 5.56. The van der Waals surface area contributed by atoms with Crippen molar-refractivity contribution < 1.29 is 0 Å². The lowest BCUT2D eigenvalue weighted by Gasteiger charge is -2.18. The molecule has 0 nitrogen and oxygen atoms in total. The van der Waals surface area contributed by atoms with Crippen molar-refractivity contribution in [2.24, 2.45) is 0 Å². The second kappa shape index (κ2) is 7.86. The average molecular weight is 383 g/mol. The molecule has 0 radical (unpaired) electrons. The zero-order chi connectivity index (χ0) is 18.8. The number of aryl methyl sites for hydroxylation is 4. The molecule has 3 aromatic rings. The van der Waals surface area contributed by atoms with Crippen LogP contribution in [0.2, 0.25) is 0 Å². The maximum atomic E-state index is 6.37. The van der Waals surface area contributed by atoms with E-state index in [0.29, 0.717) is 11.8 Å². The maximum absolute atomic E-state index is 6.37. The summed E-state index contributed by atoms with van der Waals surface area (Å²) in [6, 6.07) is 17.5. The van der Waals surface area contributed by atoms with Crippen molar-refractivity contribution in [3.05, 3.63) is 81.9 Å². The van der Waals surface area contributed by atoms with Crippen LogP contribution in [-0.4, -0.2) is 0 Å². The smallest absolute Gasteiger partial charge is 0.0480 e.